The summed E-state index contributed by atoms with van der Waals surface area (Å²) in [5.41, 5.74) is -0.944. The Hall–Kier alpha value is -2.12. The predicted molar refractivity (Wildman–Crippen MR) is 63.3 cm³/mol. The molecule has 1 aliphatic heterocycles. The molecular weight excluding hydrogens is 289 g/mol. The van der Waals surface area contributed by atoms with Crippen LogP contribution in [-0.4, -0.2) is 34.8 Å². The van der Waals surface area contributed by atoms with Crippen LogP contribution in [0, 0.1) is 5.92 Å². The first kappa shape index (κ1) is 15.3. The molecule has 8 heteroatoms. The van der Waals surface area contributed by atoms with Crippen molar-refractivity contribution in [1.29, 1.82) is 0 Å². The molecule has 0 radical (unpaired) electrons. The van der Waals surface area contributed by atoms with Crippen molar-refractivity contribution in [2.24, 2.45) is 5.92 Å². The molecule has 1 saturated heterocycles. The summed E-state index contributed by atoms with van der Waals surface area (Å²) in [5.74, 6) is -0.714. The first-order valence-corrected chi connectivity index (χ1v) is 6.32. The lowest BCUT2D eigenvalue weighted by Gasteiger charge is -2.32. The summed E-state index contributed by atoms with van der Waals surface area (Å²) in [6.45, 7) is 0.375. The van der Waals surface area contributed by atoms with Gasteiger partial charge in [0.15, 0.2) is 5.78 Å². The van der Waals surface area contributed by atoms with Crippen molar-refractivity contribution in [2.45, 2.75) is 19.0 Å². The zero-order valence-electron chi connectivity index (χ0n) is 10.9. The second-order valence-electron chi connectivity index (χ2n) is 4.82. The van der Waals surface area contributed by atoms with Gasteiger partial charge in [-0.25, -0.2) is 0 Å². The maximum absolute atomic E-state index is 12.4. The lowest BCUT2D eigenvalue weighted by molar-refractivity contribution is -0.266. The number of hydrogen-bond acceptors (Lipinski definition) is 4. The lowest BCUT2D eigenvalue weighted by Crippen LogP contribution is -2.46. The van der Waals surface area contributed by atoms with E-state index in [-0.39, 0.29) is 24.4 Å². The molecule has 1 aliphatic rings. The number of pyridine rings is 1. The molecule has 1 amide bonds. The molecule has 5 nitrogen and oxygen atoms in total. The van der Waals surface area contributed by atoms with Gasteiger partial charge in [0, 0.05) is 30.8 Å². The van der Waals surface area contributed by atoms with E-state index in [1.165, 1.54) is 0 Å². The number of carbonyl (C=O) groups excluding carboxylic acids is 2. The van der Waals surface area contributed by atoms with Gasteiger partial charge in [0.05, 0.1) is 0 Å². The molecule has 0 N–H and O–H groups in total. The van der Waals surface area contributed by atoms with Crippen LogP contribution in [0.4, 0.5) is 18.0 Å². The molecule has 21 heavy (non-hydrogen) atoms. The van der Waals surface area contributed by atoms with E-state index in [0.29, 0.717) is 12.8 Å². The predicted octanol–water partition coefficient (Wildman–Crippen LogP) is 1.34. The largest absolute Gasteiger partial charge is 0.530 e. The fourth-order valence-corrected chi connectivity index (χ4v) is 2.27. The summed E-state index contributed by atoms with van der Waals surface area (Å²) in [5, 5.41) is 10.6. The van der Waals surface area contributed by atoms with Gasteiger partial charge in [-0.15, -0.1) is 0 Å². The molecule has 0 spiro atoms. The van der Waals surface area contributed by atoms with Crippen LogP contribution >= 0.6 is 0 Å². The molecule has 0 unspecified atom stereocenters. The number of piperidine rings is 1. The first-order valence-electron chi connectivity index (χ1n) is 6.32. The molecule has 1 aromatic rings. The number of amides is 1. The SMILES string of the molecule is O=C(c1ccc(C(F)(F)F)nc1)C1CCN(C(=O)[O-])CC1. The third kappa shape index (κ3) is 3.50. The number of ketones is 1. The highest BCUT2D eigenvalue weighted by atomic mass is 19.4. The molecule has 2 rings (SSSR count). The number of halogens is 3. The summed E-state index contributed by atoms with van der Waals surface area (Å²) >= 11 is 0. The molecule has 0 aliphatic carbocycles. The molecule has 114 valence electrons. The van der Waals surface area contributed by atoms with Crippen LogP contribution in [0.5, 0.6) is 0 Å². The van der Waals surface area contributed by atoms with E-state index >= 15 is 0 Å². The summed E-state index contributed by atoms with van der Waals surface area (Å²) in [7, 11) is 0. The van der Waals surface area contributed by atoms with Gasteiger partial charge in [0.2, 0.25) is 0 Å². The number of carboxylic acid groups (broad SMARTS) is 1. The number of nitrogens with zero attached hydrogens (tertiary/aromatic N) is 2. The Kier molecular flexibility index (Phi) is 4.15. The molecule has 0 atom stereocenters. The monoisotopic (exact) mass is 301 g/mol. The third-order valence-corrected chi connectivity index (χ3v) is 3.46. The van der Waals surface area contributed by atoms with Crippen molar-refractivity contribution in [3.05, 3.63) is 29.6 Å². The quantitative estimate of drug-likeness (QED) is 0.773. The first-order chi connectivity index (χ1) is 9.79. The minimum Gasteiger partial charge on any atom is -0.530 e. The van der Waals surface area contributed by atoms with Gasteiger partial charge >= 0.3 is 6.18 Å². The lowest BCUT2D eigenvalue weighted by atomic mass is 9.89. The van der Waals surface area contributed by atoms with E-state index in [4.69, 9.17) is 0 Å². The van der Waals surface area contributed by atoms with Crippen molar-refractivity contribution in [3.63, 3.8) is 0 Å². The Labute approximate surface area is 118 Å². The summed E-state index contributed by atoms with van der Waals surface area (Å²) < 4.78 is 37.1. The average Bonchev–Trinajstić information content (AvgIpc) is 2.46. The number of carbonyl (C=O) groups is 2. The van der Waals surface area contributed by atoms with Gasteiger partial charge in [-0.3, -0.25) is 9.78 Å². The molecule has 1 fully saturated rings. The van der Waals surface area contributed by atoms with Crippen LogP contribution in [0.1, 0.15) is 28.9 Å². The molecule has 0 bridgehead atoms. The Balaban J connectivity index is 2.03. The zero-order chi connectivity index (χ0) is 15.6. The normalized spacial score (nSPS) is 16.8. The van der Waals surface area contributed by atoms with Gasteiger partial charge in [-0.05, 0) is 25.0 Å². The van der Waals surface area contributed by atoms with Crippen molar-refractivity contribution in [3.8, 4) is 0 Å². The molecule has 2 heterocycles. The Morgan fingerprint density at radius 2 is 1.86 bits per heavy atom. The van der Waals surface area contributed by atoms with Crippen molar-refractivity contribution in [1.82, 2.24) is 9.88 Å². The number of alkyl halides is 3. The number of aromatic nitrogens is 1. The van der Waals surface area contributed by atoms with Crippen LogP contribution in [-0.2, 0) is 6.18 Å². The zero-order valence-corrected chi connectivity index (χ0v) is 10.9. The topological polar surface area (TPSA) is 73.3 Å². The Morgan fingerprint density at radius 1 is 1.24 bits per heavy atom. The molecule has 1 aromatic heterocycles. The fourth-order valence-electron chi connectivity index (χ4n) is 2.27. The summed E-state index contributed by atoms with van der Waals surface area (Å²) in [4.78, 5) is 27.1. The third-order valence-electron chi connectivity index (χ3n) is 3.46. The van der Waals surface area contributed by atoms with Crippen LogP contribution < -0.4 is 5.11 Å². The highest BCUT2D eigenvalue weighted by Gasteiger charge is 2.33. The highest BCUT2D eigenvalue weighted by Crippen LogP contribution is 2.28. The van der Waals surface area contributed by atoms with Crippen LogP contribution in [0.2, 0.25) is 0 Å². The smallest absolute Gasteiger partial charge is 0.433 e. The minimum atomic E-state index is -4.54. The standard InChI is InChI=1S/C13H13F3N2O3/c14-13(15,16)10-2-1-9(7-17-10)11(19)8-3-5-18(6-4-8)12(20)21/h1-2,7-8H,3-6H2,(H,20,21)/p-1. The summed E-state index contributed by atoms with van der Waals surface area (Å²) in [6.07, 6.45) is -4.25. The molecule has 0 aromatic carbocycles. The van der Waals surface area contributed by atoms with Crippen molar-refractivity contribution >= 4 is 11.9 Å². The minimum absolute atomic E-state index is 0.106. The number of likely N-dealkylation sites (tertiary alicyclic amines) is 1. The Morgan fingerprint density at radius 3 is 2.29 bits per heavy atom. The fraction of sp³-hybridized carbons (Fsp3) is 0.462. The van der Waals surface area contributed by atoms with Crippen LogP contribution in [0.15, 0.2) is 18.3 Å². The maximum Gasteiger partial charge on any atom is 0.433 e. The number of rotatable bonds is 2. The Bertz CT molecular complexity index is 535. The van der Waals surface area contributed by atoms with E-state index in [1.807, 2.05) is 0 Å². The molecule has 0 saturated carbocycles. The van der Waals surface area contributed by atoms with E-state index in [0.717, 1.165) is 23.2 Å². The number of hydrogen-bond donors (Lipinski definition) is 0. The van der Waals surface area contributed by atoms with Crippen molar-refractivity contribution < 1.29 is 27.9 Å². The van der Waals surface area contributed by atoms with Gasteiger partial charge in [0.1, 0.15) is 11.8 Å². The van der Waals surface area contributed by atoms with Gasteiger partial charge in [-0.1, -0.05) is 0 Å². The maximum atomic E-state index is 12.4. The molecular formula is C13H12F3N2O3-. The second-order valence-corrected chi connectivity index (χ2v) is 4.82. The summed E-state index contributed by atoms with van der Waals surface area (Å²) in [6, 6.07) is 1.87. The second kappa shape index (κ2) is 5.71. The van der Waals surface area contributed by atoms with E-state index in [1.54, 1.807) is 0 Å². The van der Waals surface area contributed by atoms with Crippen molar-refractivity contribution in [2.75, 3.05) is 13.1 Å². The highest BCUT2D eigenvalue weighted by molar-refractivity contribution is 5.97. The van der Waals surface area contributed by atoms with E-state index < -0.39 is 23.9 Å². The average molecular weight is 301 g/mol. The van der Waals surface area contributed by atoms with Gasteiger partial charge in [-0.2, -0.15) is 13.2 Å². The van der Waals surface area contributed by atoms with Gasteiger partial charge < -0.3 is 14.8 Å². The van der Waals surface area contributed by atoms with E-state index in [2.05, 4.69) is 4.98 Å². The van der Waals surface area contributed by atoms with Crippen LogP contribution in [0.25, 0.3) is 0 Å². The van der Waals surface area contributed by atoms with Crippen LogP contribution in [0.3, 0.4) is 0 Å². The number of Topliss-reactive ketones (excluding diaryl/α,β-unsaturated/α-hetero) is 1. The van der Waals surface area contributed by atoms with Gasteiger partial charge in [0.25, 0.3) is 0 Å². The van der Waals surface area contributed by atoms with E-state index in [9.17, 15) is 27.9 Å².